The monoisotopic (exact) mass is 424 g/mol. The third kappa shape index (κ3) is 3.59. The quantitative estimate of drug-likeness (QED) is 0.696. The molecule has 0 radical (unpaired) electrons. The molecular formula is C18H16ClF3N6O. The SMILES string of the molecule is Cn1ncc2c1CCCC2Nc1cnn(-c2ccc(C(F)(F)F)cn2)c(=O)c1Cl. The Labute approximate surface area is 168 Å². The number of halogens is 4. The predicted octanol–water partition coefficient (Wildman–Crippen LogP) is 3.52. The Hall–Kier alpha value is -2.88. The molecule has 4 rings (SSSR count). The zero-order valence-corrected chi connectivity index (χ0v) is 16.0. The van der Waals surface area contributed by atoms with Crippen LogP contribution in [0.2, 0.25) is 5.02 Å². The zero-order chi connectivity index (χ0) is 20.8. The van der Waals surface area contributed by atoms with Crippen LogP contribution in [-0.2, 0) is 19.6 Å². The van der Waals surface area contributed by atoms with Gasteiger partial charge in [-0.05, 0) is 31.4 Å². The molecule has 0 fully saturated rings. The van der Waals surface area contributed by atoms with Gasteiger partial charge in [-0.2, -0.15) is 28.1 Å². The summed E-state index contributed by atoms with van der Waals surface area (Å²) >= 11 is 6.24. The molecule has 0 saturated carbocycles. The predicted molar refractivity (Wildman–Crippen MR) is 100 cm³/mol. The van der Waals surface area contributed by atoms with Crippen LogP contribution in [0.15, 0.2) is 35.5 Å². The third-order valence-electron chi connectivity index (χ3n) is 4.92. The van der Waals surface area contributed by atoms with E-state index in [-0.39, 0.29) is 16.9 Å². The maximum absolute atomic E-state index is 12.7. The molecule has 0 aliphatic heterocycles. The zero-order valence-electron chi connectivity index (χ0n) is 15.2. The molecule has 0 spiro atoms. The lowest BCUT2D eigenvalue weighted by Gasteiger charge is -2.25. The third-order valence-corrected chi connectivity index (χ3v) is 5.28. The highest BCUT2D eigenvalue weighted by atomic mass is 35.5. The van der Waals surface area contributed by atoms with Crippen molar-refractivity contribution in [2.45, 2.75) is 31.5 Å². The van der Waals surface area contributed by atoms with Gasteiger partial charge in [0.1, 0.15) is 5.02 Å². The second-order valence-corrected chi connectivity index (χ2v) is 7.13. The number of hydrogen-bond donors (Lipinski definition) is 1. The maximum atomic E-state index is 12.7. The Bertz CT molecular complexity index is 1110. The number of alkyl halides is 3. The van der Waals surface area contributed by atoms with Gasteiger partial charge in [0.2, 0.25) is 0 Å². The van der Waals surface area contributed by atoms with Gasteiger partial charge in [-0.3, -0.25) is 9.48 Å². The number of rotatable bonds is 3. The van der Waals surface area contributed by atoms with Crippen molar-refractivity contribution in [1.82, 2.24) is 24.5 Å². The van der Waals surface area contributed by atoms with Crippen molar-refractivity contribution in [3.63, 3.8) is 0 Å². The minimum atomic E-state index is -4.51. The summed E-state index contributed by atoms with van der Waals surface area (Å²) in [4.78, 5) is 16.3. The van der Waals surface area contributed by atoms with Crippen LogP contribution in [0, 0.1) is 0 Å². The Morgan fingerprint density at radius 1 is 1.21 bits per heavy atom. The lowest BCUT2D eigenvalue weighted by molar-refractivity contribution is -0.137. The van der Waals surface area contributed by atoms with Gasteiger partial charge in [-0.1, -0.05) is 11.6 Å². The van der Waals surface area contributed by atoms with Gasteiger partial charge in [0.05, 0.1) is 29.7 Å². The molecule has 1 unspecified atom stereocenters. The van der Waals surface area contributed by atoms with Crippen LogP contribution in [0.3, 0.4) is 0 Å². The lowest BCUT2D eigenvalue weighted by Crippen LogP contribution is -2.25. The molecular weight excluding hydrogens is 409 g/mol. The minimum Gasteiger partial charge on any atom is -0.375 e. The van der Waals surface area contributed by atoms with Crippen LogP contribution in [0.25, 0.3) is 5.82 Å². The molecule has 3 aromatic heterocycles. The van der Waals surface area contributed by atoms with Crippen molar-refractivity contribution in [3.8, 4) is 5.82 Å². The Morgan fingerprint density at radius 3 is 2.69 bits per heavy atom. The molecule has 7 nitrogen and oxygen atoms in total. The van der Waals surface area contributed by atoms with Crippen LogP contribution in [0.1, 0.15) is 35.7 Å². The molecule has 29 heavy (non-hydrogen) atoms. The van der Waals surface area contributed by atoms with E-state index in [2.05, 4.69) is 20.5 Å². The number of pyridine rings is 1. The molecule has 11 heteroatoms. The Morgan fingerprint density at radius 2 is 2.00 bits per heavy atom. The fourth-order valence-corrected chi connectivity index (χ4v) is 3.60. The molecule has 1 aliphatic carbocycles. The van der Waals surface area contributed by atoms with E-state index in [1.807, 2.05) is 11.7 Å². The molecule has 0 saturated heterocycles. The van der Waals surface area contributed by atoms with Gasteiger partial charge < -0.3 is 5.32 Å². The largest absolute Gasteiger partial charge is 0.417 e. The average molecular weight is 425 g/mol. The van der Waals surface area contributed by atoms with Gasteiger partial charge in [0.25, 0.3) is 5.56 Å². The van der Waals surface area contributed by atoms with Gasteiger partial charge >= 0.3 is 6.18 Å². The summed E-state index contributed by atoms with van der Waals surface area (Å²) in [7, 11) is 1.88. The second kappa shape index (κ2) is 7.18. The van der Waals surface area contributed by atoms with E-state index >= 15 is 0 Å². The summed E-state index contributed by atoms with van der Waals surface area (Å²) < 4.78 is 40.8. The van der Waals surface area contributed by atoms with Crippen molar-refractivity contribution in [3.05, 3.63) is 62.9 Å². The lowest BCUT2D eigenvalue weighted by atomic mass is 9.93. The van der Waals surface area contributed by atoms with E-state index in [0.717, 1.165) is 47.3 Å². The molecule has 1 atom stereocenters. The molecule has 0 bridgehead atoms. The Balaban J connectivity index is 1.62. The fourth-order valence-electron chi connectivity index (χ4n) is 3.42. The topological polar surface area (TPSA) is 77.6 Å². The average Bonchev–Trinajstić information content (AvgIpc) is 3.07. The van der Waals surface area contributed by atoms with E-state index in [4.69, 9.17) is 11.6 Å². The van der Waals surface area contributed by atoms with E-state index < -0.39 is 17.3 Å². The van der Waals surface area contributed by atoms with Crippen LogP contribution < -0.4 is 10.9 Å². The van der Waals surface area contributed by atoms with Crippen LogP contribution in [0.5, 0.6) is 0 Å². The van der Waals surface area contributed by atoms with Crippen molar-refractivity contribution in [1.29, 1.82) is 0 Å². The number of aryl methyl sites for hydroxylation is 1. The van der Waals surface area contributed by atoms with E-state index in [0.29, 0.717) is 11.9 Å². The number of nitrogens with one attached hydrogen (secondary N) is 1. The van der Waals surface area contributed by atoms with Crippen molar-refractivity contribution in [2.75, 3.05) is 5.32 Å². The summed E-state index contributed by atoms with van der Waals surface area (Å²) in [5, 5.41) is 11.4. The van der Waals surface area contributed by atoms with Crippen LogP contribution in [-0.4, -0.2) is 24.5 Å². The number of fused-ring (bicyclic) bond motifs is 1. The summed E-state index contributed by atoms with van der Waals surface area (Å²) in [6.07, 6.45) is 2.03. The van der Waals surface area contributed by atoms with E-state index in [1.54, 1.807) is 6.20 Å². The Kier molecular flexibility index (Phi) is 4.81. The summed E-state index contributed by atoms with van der Waals surface area (Å²) in [5.41, 5.74) is 0.930. The molecule has 0 aromatic carbocycles. The minimum absolute atomic E-state index is 0.0522. The number of hydrogen-bond acceptors (Lipinski definition) is 5. The van der Waals surface area contributed by atoms with E-state index in [1.165, 1.54) is 6.20 Å². The van der Waals surface area contributed by atoms with Gasteiger partial charge in [-0.25, -0.2) is 4.98 Å². The molecule has 3 aromatic rings. The highest BCUT2D eigenvalue weighted by Crippen LogP contribution is 2.33. The maximum Gasteiger partial charge on any atom is 0.417 e. The van der Waals surface area contributed by atoms with Crippen LogP contribution >= 0.6 is 11.6 Å². The number of nitrogens with zero attached hydrogens (tertiary/aromatic N) is 5. The smallest absolute Gasteiger partial charge is 0.375 e. The summed E-state index contributed by atoms with van der Waals surface area (Å²) in [6.45, 7) is 0. The highest BCUT2D eigenvalue weighted by molar-refractivity contribution is 6.33. The van der Waals surface area contributed by atoms with E-state index in [9.17, 15) is 18.0 Å². The molecule has 1 aliphatic rings. The van der Waals surface area contributed by atoms with Crippen LogP contribution in [0.4, 0.5) is 18.9 Å². The summed E-state index contributed by atoms with van der Waals surface area (Å²) in [5.74, 6) is -0.0522. The van der Waals surface area contributed by atoms with Gasteiger partial charge in [0.15, 0.2) is 5.82 Å². The van der Waals surface area contributed by atoms with Crippen molar-refractivity contribution in [2.24, 2.45) is 7.05 Å². The number of aromatic nitrogens is 5. The first-order valence-corrected chi connectivity index (χ1v) is 9.22. The second-order valence-electron chi connectivity index (χ2n) is 6.75. The molecule has 3 heterocycles. The first-order chi connectivity index (χ1) is 13.8. The molecule has 1 N–H and O–H groups in total. The fraction of sp³-hybridized carbons (Fsp3) is 0.333. The molecule has 152 valence electrons. The van der Waals surface area contributed by atoms with Gasteiger partial charge in [-0.15, -0.1) is 0 Å². The van der Waals surface area contributed by atoms with Gasteiger partial charge in [0, 0.05) is 24.5 Å². The summed E-state index contributed by atoms with van der Waals surface area (Å²) in [6, 6.07) is 1.85. The first-order valence-electron chi connectivity index (χ1n) is 8.84. The normalized spacial score (nSPS) is 16.5. The highest BCUT2D eigenvalue weighted by Gasteiger charge is 2.31. The van der Waals surface area contributed by atoms with Crippen molar-refractivity contribution < 1.29 is 13.2 Å². The number of anilines is 1. The molecule has 0 amide bonds. The van der Waals surface area contributed by atoms with Crippen molar-refractivity contribution >= 4 is 17.3 Å². The first kappa shape index (κ1) is 19.4. The standard InChI is InChI=1S/C18H16ClF3N6O/c1-27-14-4-2-3-12(11(14)8-24-27)26-13-9-25-28(17(29)16(13)19)15-6-5-10(7-23-15)18(20,21)22/h5-9,12,26H,2-4H2,1H3.